The van der Waals surface area contributed by atoms with Gasteiger partial charge in [0.25, 0.3) is 0 Å². The Kier molecular flexibility index (Phi) is 4.32. The van der Waals surface area contributed by atoms with Gasteiger partial charge in [-0.25, -0.2) is 8.78 Å². The number of hydrogen-bond donors (Lipinski definition) is 1. The topological polar surface area (TPSA) is 12.0 Å². The minimum Gasteiger partial charge on any atom is -0.309 e. The Hall–Kier alpha value is -1.26. The third-order valence-corrected chi connectivity index (χ3v) is 3.75. The van der Waals surface area contributed by atoms with Crippen molar-refractivity contribution in [2.24, 2.45) is 0 Å². The molecule has 0 saturated heterocycles. The quantitative estimate of drug-likeness (QED) is 0.884. The Balaban J connectivity index is 2.49. The second-order valence-electron chi connectivity index (χ2n) is 4.42. The fourth-order valence-electron chi connectivity index (χ4n) is 2.08. The third kappa shape index (κ3) is 3.01. The van der Waals surface area contributed by atoms with Crippen molar-refractivity contribution in [1.29, 1.82) is 0 Å². The molecule has 0 aromatic heterocycles. The van der Waals surface area contributed by atoms with E-state index in [1.165, 1.54) is 6.07 Å². The van der Waals surface area contributed by atoms with Crippen LogP contribution in [-0.2, 0) is 0 Å². The molecule has 0 saturated carbocycles. The summed E-state index contributed by atoms with van der Waals surface area (Å²) in [7, 11) is 1.79. The number of rotatable bonds is 3. The Morgan fingerprint density at radius 3 is 2.42 bits per heavy atom. The Labute approximate surface area is 119 Å². The van der Waals surface area contributed by atoms with Gasteiger partial charge >= 0.3 is 0 Å². The first-order valence-electron chi connectivity index (χ1n) is 5.91. The highest BCUT2D eigenvalue weighted by molar-refractivity contribution is 9.10. The standard InChI is InChI=1S/C15H14BrF2N/c1-9-3-5-12(16)11(7-9)15(19-2)10-4-6-13(17)14(18)8-10/h3-8,15,19H,1-2H3. The highest BCUT2D eigenvalue weighted by Crippen LogP contribution is 2.29. The molecule has 0 heterocycles. The summed E-state index contributed by atoms with van der Waals surface area (Å²) in [6.45, 7) is 1.99. The molecule has 2 rings (SSSR count). The van der Waals surface area contributed by atoms with Crippen molar-refractivity contribution in [2.75, 3.05) is 7.05 Å². The minimum absolute atomic E-state index is 0.190. The number of aryl methyl sites for hydroxylation is 1. The van der Waals surface area contributed by atoms with Gasteiger partial charge in [0.05, 0.1) is 6.04 Å². The van der Waals surface area contributed by atoms with E-state index in [-0.39, 0.29) is 6.04 Å². The molecule has 0 aliphatic carbocycles. The van der Waals surface area contributed by atoms with E-state index in [4.69, 9.17) is 0 Å². The van der Waals surface area contributed by atoms with E-state index in [0.29, 0.717) is 5.56 Å². The van der Waals surface area contributed by atoms with Crippen molar-refractivity contribution in [3.63, 3.8) is 0 Å². The first kappa shape index (κ1) is 14.2. The Bertz CT molecular complexity index is 599. The molecule has 0 fully saturated rings. The third-order valence-electron chi connectivity index (χ3n) is 3.03. The van der Waals surface area contributed by atoms with Crippen LogP contribution in [0.1, 0.15) is 22.7 Å². The monoisotopic (exact) mass is 325 g/mol. The van der Waals surface area contributed by atoms with E-state index in [9.17, 15) is 8.78 Å². The van der Waals surface area contributed by atoms with Gasteiger partial charge in [0.15, 0.2) is 11.6 Å². The molecule has 4 heteroatoms. The normalized spacial score (nSPS) is 12.5. The molecule has 0 bridgehead atoms. The summed E-state index contributed by atoms with van der Waals surface area (Å²) in [5, 5.41) is 3.13. The van der Waals surface area contributed by atoms with Gasteiger partial charge in [0, 0.05) is 4.47 Å². The van der Waals surface area contributed by atoms with E-state index in [1.807, 2.05) is 25.1 Å². The molecule has 0 spiro atoms. The SMILES string of the molecule is CNC(c1ccc(F)c(F)c1)c1cc(C)ccc1Br. The maximum absolute atomic E-state index is 13.4. The summed E-state index contributed by atoms with van der Waals surface area (Å²) in [6, 6.07) is 9.75. The molecule has 1 N–H and O–H groups in total. The van der Waals surface area contributed by atoms with Crippen molar-refractivity contribution in [3.05, 3.63) is 69.2 Å². The van der Waals surface area contributed by atoms with Gasteiger partial charge in [-0.1, -0.05) is 39.7 Å². The van der Waals surface area contributed by atoms with Crippen LogP contribution in [0.5, 0.6) is 0 Å². The van der Waals surface area contributed by atoms with E-state index in [1.54, 1.807) is 13.1 Å². The Morgan fingerprint density at radius 2 is 1.79 bits per heavy atom. The molecule has 2 aromatic carbocycles. The zero-order chi connectivity index (χ0) is 14.0. The lowest BCUT2D eigenvalue weighted by Crippen LogP contribution is -2.18. The molecule has 1 nitrogen and oxygen atoms in total. The van der Waals surface area contributed by atoms with Crippen molar-refractivity contribution >= 4 is 15.9 Å². The fourth-order valence-corrected chi connectivity index (χ4v) is 2.55. The molecule has 19 heavy (non-hydrogen) atoms. The van der Waals surface area contributed by atoms with Crippen molar-refractivity contribution in [1.82, 2.24) is 5.32 Å². The lowest BCUT2D eigenvalue weighted by molar-refractivity contribution is 0.505. The van der Waals surface area contributed by atoms with Gasteiger partial charge < -0.3 is 5.32 Å². The van der Waals surface area contributed by atoms with Crippen molar-refractivity contribution in [2.45, 2.75) is 13.0 Å². The van der Waals surface area contributed by atoms with E-state index in [2.05, 4.69) is 21.2 Å². The first-order chi connectivity index (χ1) is 9.02. The van der Waals surface area contributed by atoms with E-state index in [0.717, 1.165) is 21.7 Å². The fraction of sp³-hybridized carbons (Fsp3) is 0.200. The van der Waals surface area contributed by atoms with Gasteiger partial charge in [0.2, 0.25) is 0 Å². The van der Waals surface area contributed by atoms with Crippen LogP contribution in [0.3, 0.4) is 0 Å². The second-order valence-corrected chi connectivity index (χ2v) is 5.27. The summed E-state index contributed by atoms with van der Waals surface area (Å²) in [5.74, 6) is -1.66. The molecule has 2 aromatic rings. The van der Waals surface area contributed by atoms with Crippen LogP contribution in [0.4, 0.5) is 8.78 Å². The minimum atomic E-state index is -0.832. The van der Waals surface area contributed by atoms with Crippen molar-refractivity contribution in [3.8, 4) is 0 Å². The molecule has 0 aliphatic rings. The number of halogens is 3. The molecular formula is C15H14BrF2N. The van der Waals surface area contributed by atoms with Crippen LogP contribution in [-0.4, -0.2) is 7.05 Å². The summed E-state index contributed by atoms with van der Waals surface area (Å²) >= 11 is 3.49. The molecule has 0 aliphatic heterocycles. The lowest BCUT2D eigenvalue weighted by atomic mass is 9.97. The van der Waals surface area contributed by atoms with Crippen LogP contribution in [0.2, 0.25) is 0 Å². The van der Waals surface area contributed by atoms with Gasteiger partial charge in [-0.05, 0) is 43.3 Å². The number of hydrogen-bond acceptors (Lipinski definition) is 1. The molecule has 0 amide bonds. The zero-order valence-electron chi connectivity index (χ0n) is 10.7. The highest BCUT2D eigenvalue weighted by Gasteiger charge is 2.16. The largest absolute Gasteiger partial charge is 0.309 e. The molecule has 1 unspecified atom stereocenters. The summed E-state index contributed by atoms with van der Waals surface area (Å²) in [5.41, 5.74) is 2.79. The zero-order valence-corrected chi connectivity index (χ0v) is 12.3. The molecular weight excluding hydrogens is 312 g/mol. The first-order valence-corrected chi connectivity index (χ1v) is 6.70. The summed E-state index contributed by atoms with van der Waals surface area (Å²) in [4.78, 5) is 0. The van der Waals surface area contributed by atoms with Crippen LogP contribution in [0.25, 0.3) is 0 Å². The summed E-state index contributed by atoms with van der Waals surface area (Å²) < 4.78 is 27.3. The van der Waals surface area contributed by atoms with Crippen LogP contribution in [0.15, 0.2) is 40.9 Å². The van der Waals surface area contributed by atoms with Gasteiger partial charge in [0.1, 0.15) is 0 Å². The average Bonchev–Trinajstić information content (AvgIpc) is 2.38. The van der Waals surface area contributed by atoms with Crippen LogP contribution in [0, 0.1) is 18.6 Å². The maximum atomic E-state index is 13.4. The highest BCUT2D eigenvalue weighted by atomic mass is 79.9. The average molecular weight is 326 g/mol. The van der Waals surface area contributed by atoms with Crippen LogP contribution >= 0.6 is 15.9 Å². The van der Waals surface area contributed by atoms with Gasteiger partial charge in [-0.2, -0.15) is 0 Å². The van der Waals surface area contributed by atoms with Crippen LogP contribution < -0.4 is 5.32 Å². The number of nitrogens with one attached hydrogen (secondary N) is 1. The smallest absolute Gasteiger partial charge is 0.159 e. The molecule has 0 radical (unpaired) electrons. The predicted molar refractivity (Wildman–Crippen MR) is 76.1 cm³/mol. The molecule has 1 atom stereocenters. The van der Waals surface area contributed by atoms with E-state index < -0.39 is 11.6 Å². The van der Waals surface area contributed by atoms with Crippen molar-refractivity contribution < 1.29 is 8.78 Å². The Morgan fingerprint density at radius 1 is 1.05 bits per heavy atom. The van der Waals surface area contributed by atoms with Gasteiger partial charge in [-0.15, -0.1) is 0 Å². The molecule has 100 valence electrons. The summed E-state index contributed by atoms with van der Waals surface area (Å²) in [6.07, 6.45) is 0. The van der Waals surface area contributed by atoms with Gasteiger partial charge in [-0.3, -0.25) is 0 Å². The van der Waals surface area contributed by atoms with E-state index >= 15 is 0 Å². The number of benzene rings is 2. The lowest BCUT2D eigenvalue weighted by Gasteiger charge is -2.19. The second kappa shape index (κ2) is 5.80. The maximum Gasteiger partial charge on any atom is 0.159 e. The predicted octanol–water partition coefficient (Wildman–Crippen LogP) is 4.34.